The number of ether oxygens (including phenoxy) is 1. The van der Waals surface area contributed by atoms with Gasteiger partial charge in [-0.05, 0) is 32.4 Å². The predicted octanol–water partition coefficient (Wildman–Crippen LogP) is 1.46. The molecule has 1 aromatic rings. The Kier molecular flexibility index (Phi) is 5.92. The van der Waals surface area contributed by atoms with Gasteiger partial charge in [0, 0.05) is 24.2 Å². The molecule has 0 saturated carbocycles. The highest BCUT2D eigenvalue weighted by atomic mass is 16.6. The number of nitrogens with one attached hydrogen (secondary N) is 1. The Balaban J connectivity index is 2.83. The van der Waals surface area contributed by atoms with E-state index in [0.717, 1.165) is 0 Å². The Morgan fingerprint density at radius 1 is 1.55 bits per heavy atom. The molecule has 0 heterocycles. The second-order valence-corrected chi connectivity index (χ2v) is 4.39. The summed E-state index contributed by atoms with van der Waals surface area (Å²) in [6.45, 7) is 4.32. The normalized spacial score (nSPS) is 11.8. The number of benzene rings is 1. The zero-order valence-corrected chi connectivity index (χ0v) is 11.6. The van der Waals surface area contributed by atoms with Gasteiger partial charge in [0.15, 0.2) is 5.75 Å². The first kappa shape index (κ1) is 15.9. The van der Waals surface area contributed by atoms with Crippen molar-refractivity contribution in [3.63, 3.8) is 0 Å². The molecule has 0 aliphatic rings. The maximum absolute atomic E-state index is 11.9. The fourth-order valence-electron chi connectivity index (χ4n) is 1.59. The number of nitrogens with two attached hydrogens (primary N) is 1. The van der Waals surface area contributed by atoms with E-state index in [-0.39, 0.29) is 28.9 Å². The van der Waals surface area contributed by atoms with Gasteiger partial charge >= 0.3 is 5.69 Å². The molecule has 0 saturated heterocycles. The second kappa shape index (κ2) is 7.44. The number of carbonyl (C=O) groups is 1. The van der Waals surface area contributed by atoms with Gasteiger partial charge < -0.3 is 15.8 Å². The molecule has 0 aromatic heterocycles. The fourth-order valence-corrected chi connectivity index (χ4v) is 1.59. The Morgan fingerprint density at radius 2 is 2.25 bits per heavy atom. The molecular weight excluding hydrogens is 262 g/mol. The lowest BCUT2D eigenvalue weighted by atomic mass is 10.1. The highest BCUT2D eigenvalue weighted by molar-refractivity contribution is 5.95. The van der Waals surface area contributed by atoms with Crippen LogP contribution in [0.3, 0.4) is 0 Å². The summed E-state index contributed by atoms with van der Waals surface area (Å²) < 4.78 is 5.16. The third-order valence-corrected chi connectivity index (χ3v) is 2.60. The van der Waals surface area contributed by atoms with E-state index in [2.05, 4.69) is 5.32 Å². The molecule has 1 aromatic carbocycles. The van der Waals surface area contributed by atoms with Gasteiger partial charge in [-0.2, -0.15) is 0 Å². The SMILES string of the molecule is CCOc1ccc(C(=O)NCCC(C)N)cc1[N+](=O)[O-]. The third-order valence-electron chi connectivity index (χ3n) is 2.60. The molecule has 20 heavy (non-hydrogen) atoms. The van der Waals surface area contributed by atoms with Gasteiger partial charge in [-0.15, -0.1) is 0 Å². The molecule has 7 nitrogen and oxygen atoms in total. The van der Waals surface area contributed by atoms with Gasteiger partial charge in [0.2, 0.25) is 0 Å². The smallest absolute Gasteiger partial charge is 0.311 e. The van der Waals surface area contributed by atoms with Gasteiger partial charge in [0.05, 0.1) is 11.5 Å². The highest BCUT2D eigenvalue weighted by Crippen LogP contribution is 2.27. The predicted molar refractivity (Wildman–Crippen MR) is 74.9 cm³/mol. The van der Waals surface area contributed by atoms with E-state index >= 15 is 0 Å². The zero-order valence-electron chi connectivity index (χ0n) is 11.6. The monoisotopic (exact) mass is 281 g/mol. The maximum atomic E-state index is 11.9. The number of hydrogen-bond donors (Lipinski definition) is 2. The third kappa shape index (κ3) is 4.51. The van der Waals surface area contributed by atoms with Crippen LogP contribution < -0.4 is 15.8 Å². The average Bonchev–Trinajstić information content (AvgIpc) is 2.38. The molecule has 0 aliphatic heterocycles. The van der Waals surface area contributed by atoms with Gasteiger partial charge in [-0.3, -0.25) is 14.9 Å². The summed E-state index contributed by atoms with van der Waals surface area (Å²) >= 11 is 0. The quantitative estimate of drug-likeness (QED) is 0.581. The topological polar surface area (TPSA) is 107 Å². The first-order valence-corrected chi connectivity index (χ1v) is 6.40. The molecular formula is C13H19N3O4. The van der Waals surface area contributed by atoms with E-state index < -0.39 is 4.92 Å². The number of carbonyl (C=O) groups excluding carboxylic acids is 1. The van der Waals surface area contributed by atoms with Crippen LogP contribution in [0.5, 0.6) is 5.75 Å². The summed E-state index contributed by atoms with van der Waals surface area (Å²) in [7, 11) is 0. The molecule has 1 amide bonds. The second-order valence-electron chi connectivity index (χ2n) is 4.39. The molecule has 0 aliphatic carbocycles. The molecule has 1 rings (SSSR count). The Morgan fingerprint density at radius 3 is 2.80 bits per heavy atom. The largest absolute Gasteiger partial charge is 0.487 e. The van der Waals surface area contributed by atoms with E-state index in [1.54, 1.807) is 6.92 Å². The maximum Gasteiger partial charge on any atom is 0.311 e. The number of nitro benzene ring substituents is 1. The van der Waals surface area contributed by atoms with Crippen molar-refractivity contribution in [2.45, 2.75) is 26.3 Å². The van der Waals surface area contributed by atoms with Crippen molar-refractivity contribution < 1.29 is 14.5 Å². The Hall–Kier alpha value is -2.15. The van der Waals surface area contributed by atoms with Crippen molar-refractivity contribution in [2.24, 2.45) is 5.73 Å². The van der Waals surface area contributed by atoms with E-state index in [1.165, 1.54) is 18.2 Å². The summed E-state index contributed by atoms with van der Waals surface area (Å²) in [6, 6.07) is 4.14. The van der Waals surface area contributed by atoms with E-state index in [0.29, 0.717) is 19.6 Å². The highest BCUT2D eigenvalue weighted by Gasteiger charge is 2.18. The molecule has 0 fully saturated rings. The Bertz CT molecular complexity index is 489. The Labute approximate surface area is 117 Å². The minimum atomic E-state index is -0.566. The van der Waals surface area contributed by atoms with Crippen molar-refractivity contribution in [3.05, 3.63) is 33.9 Å². The molecule has 110 valence electrons. The summed E-state index contributed by atoms with van der Waals surface area (Å²) in [5.74, 6) is -0.207. The minimum Gasteiger partial charge on any atom is -0.487 e. The van der Waals surface area contributed by atoms with E-state index in [9.17, 15) is 14.9 Å². The van der Waals surface area contributed by atoms with Gasteiger partial charge in [-0.25, -0.2) is 0 Å². The minimum absolute atomic E-state index is 0.00929. The van der Waals surface area contributed by atoms with Crippen LogP contribution in [0.2, 0.25) is 0 Å². The molecule has 1 unspecified atom stereocenters. The zero-order chi connectivity index (χ0) is 15.1. The summed E-state index contributed by atoms with van der Waals surface area (Å²) in [6.07, 6.45) is 0.644. The standard InChI is InChI=1S/C13H19N3O4/c1-3-20-12-5-4-10(8-11(12)16(18)19)13(17)15-7-6-9(2)14/h4-5,8-9H,3,6-7,14H2,1-2H3,(H,15,17). The van der Waals surface area contributed by atoms with Gasteiger partial charge in [0.25, 0.3) is 5.91 Å². The average molecular weight is 281 g/mol. The van der Waals surface area contributed by atoms with Crippen molar-refractivity contribution in [2.75, 3.05) is 13.2 Å². The molecule has 0 bridgehead atoms. The summed E-state index contributed by atoms with van der Waals surface area (Å²) in [4.78, 5) is 22.2. The van der Waals surface area contributed by atoms with Crippen LogP contribution in [-0.2, 0) is 0 Å². The lowest BCUT2D eigenvalue weighted by molar-refractivity contribution is -0.385. The van der Waals surface area contributed by atoms with Crippen LogP contribution in [0.25, 0.3) is 0 Å². The van der Waals surface area contributed by atoms with Crippen molar-refractivity contribution >= 4 is 11.6 Å². The molecule has 3 N–H and O–H groups in total. The van der Waals surface area contributed by atoms with Crippen molar-refractivity contribution in [1.82, 2.24) is 5.32 Å². The first-order chi connectivity index (χ1) is 9.45. The molecule has 0 radical (unpaired) electrons. The van der Waals surface area contributed by atoms with Crippen LogP contribution in [0.15, 0.2) is 18.2 Å². The number of nitro groups is 1. The van der Waals surface area contributed by atoms with E-state index in [1.807, 2.05) is 6.92 Å². The summed E-state index contributed by atoms with van der Waals surface area (Å²) in [5.41, 5.74) is 5.59. The van der Waals surface area contributed by atoms with Crippen molar-refractivity contribution in [3.8, 4) is 5.75 Å². The number of amides is 1. The number of rotatable bonds is 7. The molecule has 0 spiro atoms. The van der Waals surface area contributed by atoms with Crippen LogP contribution in [0, 0.1) is 10.1 Å². The van der Waals surface area contributed by atoms with Crippen LogP contribution in [-0.4, -0.2) is 30.0 Å². The van der Waals surface area contributed by atoms with Crippen LogP contribution in [0.4, 0.5) is 5.69 Å². The number of nitrogens with zero attached hydrogens (tertiary/aromatic N) is 1. The number of hydrogen-bond acceptors (Lipinski definition) is 5. The van der Waals surface area contributed by atoms with Gasteiger partial charge in [0.1, 0.15) is 0 Å². The van der Waals surface area contributed by atoms with Crippen LogP contribution in [0.1, 0.15) is 30.6 Å². The lowest BCUT2D eigenvalue weighted by Gasteiger charge is -2.08. The lowest BCUT2D eigenvalue weighted by Crippen LogP contribution is -2.28. The van der Waals surface area contributed by atoms with E-state index in [4.69, 9.17) is 10.5 Å². The van der Waals surface area contributed by atoms with Crippen molar-refractivity contribution in [1.29, 1.82) is 0 Å². The molecule has 7 heteroatoms. The fraction of sp³-hybridized carbons (Fsp3) is 0.462. The summed E-state index contributed by atoms with van der Waals surface area (Å²) in [5, 5.41) is 13.6. The molecule has 1 atom stereocenters. The van der Waals surface area contributed by atoms with Gasteiger partial charge in [-0.1, -0.05) is 0 Å². The van der Waals surface area contributed by atoms with Crippen LogP contribution >= 0.6 is 0 Å². The first-order valence-electron chi connectivity index (χ1n) is 6.40.